The van der Waals surface area contributed by atoms with Gasteiger partial charge in [-0.05, 0) is 37.1 Å². The fourth-order valence-corrected chi connectivity index (χ4v) is 2.22. The van der Waals surface area contributed by atoms with Crippen LogP contribution in [0.4, 0.5) is 0 Å². The lowest BCUT2D eigenvalue weighted by Crippen LogP contribution is -2.25. The van der Waals surface area contributed by atoms with Crippen molar-refractivity contribution in [2.75, 3.05) is 20.3 Å². The maximum absolute atomic E-state index is 12.0. The van der Waals surface area contributed by atoms with E-state index < -0.39 is 0 Å². The van der Waals surface area contributed by atoms with Gasteiger partial charge in [-0.1, -0.05) is 36.4 Å². The Labute approximate surface area is 137 Å². The quantitative estimate of drug-likeness (QED) is 0.758. The highest BCUT2D eigenvalue weighted by atomic mass is 16.5. The molecule has 0 bridgehead atoms. The zero-order valence-corrected chi connectivity index (χ0v) is 13.6. The Morgan fingerprint density at radius 2 is 1.91 bits per heavy atom. The van der Waals surface area contributed by atoms with Crippen molar-refractivity contribution >= 4 is 5.91 Å². The van der Waals surface area contributed by atoms with Gasteiger partial charge in [0.25, 0.3) is 5.91 Å². The molecule has 1 N–H and O–H groups in total. The van der Waals surface area contributed by atoms with Crippen molar-refractivity contribution in [3.05, 3.63) is 65.7 Å². The summed E-state index contributed by atoms with van der Waals surface area (Å²) >= 11 is 0. The zero-order chi connectivity index (χ0) is 16.5. The first-order valence-corrected chi connectivity index (χ1v) is 7.79. The number of carbonyl (C=O) groups is 1. The molecule has 2 rings (SSSR count). The second kappa shape index (κ2) is 8.96. The number of methoxy groups -OCH3 is 1. The van der Waals surface area contributed by atoms with Gasteiger partial charge in [0.2, 0.25) is 0 Å². The largest absolute Gasteiger partial charge is 0.497 e. The van der Waals surface area contributed by atoms with E-state index in [9.17, 15) is 4.79 Å². The Balaban J connectivity index is 1.68. The Bertz CT molecular complexity index is 613. The van der Waals surface area contributed by atoms with E-state index in [0.29, 0.717) is 24.5 Å². The lowest BCUT2D eigenvalue weighted by atomic mass is 10.1. The van der Waals surface area contributed by atoms with Crippen LogP contribution in [0.25, 0.3) is 0 Å². The average molecular weight is 313 g/mol. The Morgan fingerprint density at radius 3 is 2.65 bits per heavy atom. The Morgan fingerprint density at radius 1 is 1.13 bits per heavy atom. The minimum absolute atomic E-state index is 0.0605. The number of rotatable bonds is 8. The summed E-state index contributed by atoms with van der Waals surface area (Å²) in [4.78, 5) is 12.0. The third-order valence-electron chi connectivity index (χ3n) is 3.58. The van der Waals surface area contributed by atoms with Gasteiger partial charge in [-0.3, -0.25) is 4.79 Å². The Hall–Kier alpha value is -2.33. The summed E-state index contributed by atoms with van der Waals surface area (Å²) in [6.45, 7) is 3.22. The maximum Gasteiger partial charge on any atom is 0.251 e. The van der Waals surface area contributed by atoms with Crippen molar-refractivity contribution in [1.82, 2.24) is 5.32 Å². The second-order valence-electron chi connectivity index (χ2n) is 5.27. The van der Waals surface area contributed by atoms with Crippen molar-refractivity contribution in [2.24, 2.45) is 0 Å². The zero-order valence-electron chi connectivity index (χ0n) is 13.6. The first-order chi connectivity index (χ1) is 11.2. The summed E-state index contributed by atoms with van der Waals surface area (Å²) in [5.74, 6) is 0.581. The van der Waals surface area contributed by atoms with E-state index in [2.05, 4.69) is 17.4 Å². The molecule has 0 saturated carbocycles. The number of ether oxygens (including phenoxy) is 2. The molecule has 23 heavy (non-hydrogen) atoms. The van der Waals surface area contributed by atoms with Gasteiger partial charge in [0.1, 0.15) is 5.75 Å². The molecule has 1 unspecified atom stereocenters. The summed E-state index contributed by atoms with van der Waals surface area (Å²) in [7, 11) is 1.59. The molecule has 0 aliphatic rings. The van der Waals surface area contributed by atoms with Crippen molar-refractivity contribution < 1.29 is 14.3 Å². The SMILES string of the molecule is COc1cccc(C(=O)NCCCOC(C)c2ccccc2)c1. The summed E-state index contributed by atoms with van der Waals surface area (Å²) in [5.41, 5.74) is 1.76. The molecular formula is C19H23NO3. The summed E-state index contributed by atoms with van der Waals surface area (Å²) in [6.07, 6.45) is 0.831. The van der Waals surface area contributed by atoms with Gasteiger partial charge in [-0.25, -0.2) is 0 Å². The number of hydrogen-bond donors (Lipinski definition) is 1. The van der Waals surface area contributed by atoms with Gasteiger partial charge in [-0.15, -0.1) is 0 Å². The average Bonchev–Trinajstić information content (AvgIpc) is 2.61. The molecule has 0 heterocycles. The molecule has 0 fully saturated rings. The summed E-state index contributed by atoms with van der Waals surface area (Å²) in [6, 6.07) is 17.2. The van der Waals surface area contributed by atoms with Crippen LogP contribution in [-0.2, 0) is 4.74 Å². The molecule has 1 amide bonds. The van der Waals surface area contributed by atoms with E-state index in [4.69, 9.17) is 9.47 Å². The molecule has 122 valence electrons. The van der Waals surface area contributed by atoms with Gasteiger partial charge in [-0.2, -0.15) is 0 Å². The third kappa shape index (κ3) is 5.42. The molecular weight excluding hydrogens is 290 g/mol. The third-order valence-corrected chi connectivity index (χ3v) is 3.58. The van der Waals surface area contributed by atoms with E-state index in [-0.39, 0.29) is 12.0 Å². The molecule has 4 nitrogen and oxygen atoms in total. The van der Waals surface area contributed by atoms with Crippen molar-refractivity contribution in [1.29, 1.82) is 0 Å². The smallest absolute Gasteiger partial charge is 0.251 e. The number of nitrogens with one attached hydrogen (secondary N) is 1. The predicted molar refractivity (Wildman–Crippen MR) is 90.8 cm³/mol. The van der Waals surface area contributed by atoms with Gasteiger partial charge >= 0.3 is 0 Å². The van der Waals surface area contributed by atoms with Crippen LogP contribution in [0.1, 0.15) is 35.4 Å². The van der Waals surface area contributed by atoms with E-state index in [1.165, 1.54) is 0 Å². The molecule has 4 heteroatoms. The lowest BCUT2D eigenvalue weighted by molar-refractivity contribution is 0.0635. The first-order valence-electron chi connectivity index (χ1n) is 7.79. The predicted octanol–water partition coefficient (Wildman–Crippen LogP) is 3.59. The minimum atomic E-state index is -0.0972. The maximum atomic E-state index is 12.0. The number of hydrogen-bond acceptors (Lipinski definition) is 3. The van der Waals surface area contributed by atoms with E-state index in [0.717, 1.165) is 12.0 Å². The van der Waals surface area contributed by atoms with Gasteiger partial charge in [0, 0.05) is 18.7 Å². The monoisotopic (exact) mass is 313 g/mol. The highest BCUT2D eigenvalue weighted by molar-refractivity contribution is 5.94. The van der Waals surface area contributed by atoms with Gasteiger partial charge < -0.3 is 14.8 Å². The fourth-order valence-electron chi connectivity index (χ4n) is 2.22. The molecule has 1 atom stereocenters. The topological polar surface area (TPSA) is 47.6 Å². The molecule has 0 radical (unpaired) electrons. The minimum Gasteiger partial charge on any atom is -0.497 e. The molecule has 0 aliphatic carbocycles. The van der Waals surface area contributed by atoms with Crippen molar-refractivity contribution in [3.8, 4) is 5.75 Å². The molecule has 0 aliphatic heterocycles. The molecule has 0 aromatic heterocycles. The molecule has 0 spiro atoms. The van der Waals surface area contributed by atoms with Crippen LogP contribution < -0.4 is 10.1 Å². The van der Waals surface area contributed by atoms with E-state index in [1.54, 1.807) is 25.3 Å². The van der Waals surface area contributed by atoms with Gasteiger partial charge in [0.15, 0.2) is 0 Å². The molecule has 2 aromatic rings. The van der Waals surface area contributed by atoms with Crippen LogP contribution in [0.3, 0.4) is 0 Å². The lowest BCUT2D eigenvalue weighted by Gasteiger charge is -2.13. The summed E-state index contributed by atoms with van der Waals surface area (Å²) in [5, 5.41) is 2.89. The highest BCUT2D eigenvalue weighted by Crippen LogP contribution is 2.16. The van der Waals surface area contributed by atoms with Crippen molar-refractivity contribution in [3.63, 3.8) is 0 Å². The second-order valence-corrected chi connectivity index (χ2v) is 5.27. The van der Waals surface area contributed by atoms with E-state index in [1.807, 2.05) is 31.2 Å². The fraction of sp³-hybridized carbons (Fsp3) is 0.316. The number of benzene rings is 2. The van der Waals surface area contributed by atoms with Crippen molar-refractivity contribution in [2.45, 2.75) is 19.4 Å². The van der Waals surface area contributed by atoms with Gasteiger partial charge in [0.05, 0.1) is 13.2 Å². The highest BCUT2D eigenvalue weighted by Gasteiger charge is 2.07. The van der Waals surface area contributed by atoms with Crippen LogP contribution in [-0.4, -0.2) is 26.2 Å². The number of carbonyl (C=O) groups excluding carboxylic acids is 1. The molecule has 2 aromatic carbocycles. The summed E-state index contributed by atoms with van der Waals surface area (Å²) < 4.78 is 10.9. The number of amides is 1. The normalized spacial score (nSPS) is 11.7. The van der Waals surface area contributed by atoms with Crippen LogP contribution in [0, 0.1) is 0 Å². The first kappa shape index (κ1) is 17.0. The Kier molecular flexibility index (Phi) is 6.63. The molecule has 0 saturated heterocycles. The standard InChI is InChI=1S/C19H23NO3/c1-15(16-8-4-3-5-9-16)23-13-7-12-20-19(21)17-10-6-11-18(14-17)22-2/h3-6,8-11,14-15H,7,12-13H2,1-2H3,(H,20,21). The van der Waals surface area contributed by atoms with Crippen LogP contribution in [0.15, 0.2) is 54.6 Å². The van der Waals surface area contributed by atoms with E-state index >= 15 is 0 Å². The van der Waals surface area contributed by atoms with Crippen LogP contribution in [0.2, 0.25) is 0 Å². The van der Waals surface area contributed by atoms with Crippen LogP contribution in [0.5, 0.6) is 5.75 Å². The van der Waals surface area contributed by atoms with Crippen LogP contribution >= 0.6 is 0 Å².